The third kappa shape index (κ3) is 4.22. The van der Waals surface area contributed by atoms with Gasteiger partial charge in [-0.25, -0.2) is 0 Å². The topological polar surface area (TPSA) is 47.3 Å². The van der Waals surface area contributed by atoms with Crippen LogP contribution < -0.4 is 11.3 Å². The van der Waals surface area contributed by atoms with Gasteiger partial charge in [-0.1, -0.05) is 19.1 Å². The fourth-order valence-electron chi connectivity index (χ4n) is 1.41. The highest BCUT2D eigenvalue weighted by molar-refractivity contribution is 5.00. The van der Waals surface area contributed by atoms with E-state index in [0.29, 0.717) is 6.61 Å². The molecular weight excluding hydrogens is 176 g/mol. The summed E-state index contributed by atoms with van der Waals surface area (Å²) in [7, 11) is 0. The lowest BCUT2D eigenvalue weighted by Crippen LogP contribution is -2.51. The van der Waals surface area contributed by atoms with Gasteiger partial charge in [0.1, 0.15) is 0 Å². The van der Waals surface area contributed by atoms with Crippen molar-refractivity contribution in [2.24, 2.45) is 5.84 Å². The summed E-state index contributed by atoms with van der Waals surface area (Å²) in [4.78, 5) is 0. The number of rotatable bonds is 7. The van der Waals surface area contributed by atoms with Gasteiger partial charge in [-0.15, -0.1) is 0 Å². The number of nitrogens with two attached hydrogens (primary N) is 1. The average molecular weight is 200 g/mol. The molecule has 3 N–H and O–H groups in total. The molecule has 1 unspecified atom stereocenters. The Kier molecular flexibility index (Phi) is 6.00. The van der Waals surface area contributed by atoms with Crippen LogP contribution in [0.1, 0.15) is 40.5 Å². The molecule has 0 aromatic rings. The molecule has 3 heteroatoms. The van der Waals surface area contributed by atoms with E-state index in [2.05, 4.69) is 18.9 Å². The van der Waals surface area contributed by atoms with E-state index in [1.807, 2.05) is 20.8 Å². The minimum absolute atomic E-state index is 0.120. The zero-order valence-corrected chi connectivity index (χ0v) is 9.89. The van der Waals surface area contributed by atoms with Gasteiger partial charge in [0.05, 0.1) is 11.6 Å². The molecule has 84 valence electrons. The van der Waals surface area contributed by atoms with Crippen LogP contribution in [0.2, 0.25) is 0 Å². The van der Waals surface area contributed by atoms with E-state index < -0.39 is 0 Å². The lowest BCUT2D eigenvalue weighted by atomic mass is 9.92. The number of nitrogens with one attached hydrogen (secondary N) is 1. The fraction of sp³-hybridized carbons (Fsp3) is 0.818. The van der Waals surface area contributed by atoms with Crippen LogP contribution in [0.15, 0.2) is 12.2 Å². The van der Waals surface area contributed by atoms with Crippen LogP contribution in [0.4, 0.5) is 0 Å². The minimum Gasteiger partial charge on any atom is -0.374 e. The molecule has 0 heterocycles. The molecule has 0 aliphatic rings. The highest BCUT2D eigenvalue weighted by Gasteiger charge is 2.29. The van der Waals surface area contributed by atoms with Crippen molar-refractivity contribution in [2.45, 2.75) is 52.2 Å². The van der Waals surface area contributed by atoms with Gasteiger partial charge in [0.25, 0.3) is 0 Å². The summed E-state index contributed by atoms with van der Waals surface area (Å²) < 4.78 is 5.64. The maximum atomic E-state index is 5.64. The zero-order valence-electron chi connectivity index (χ0n) is 9.89. The van der Waals surface area contributed by atoms with Gasteiger partial charge in [0.2, 0.25) is 0 Å². The van der Waals surface area contributed by atoms with E-state index in [0.717, 1.165) is 12.8 Å². The van der Waals surface area contributed by atoms with E-state index in [1.165, 1.54) is 5.57 Å². The average Bonchev–Trinajstić information content (AvgIpc) is 2.13. The minimum atomic E-state index is -0.248. The first kappa shape index (κ1) is 13.6. The SMILES string of the molecule is C=C(CC)CC(NN)C(C)(C)OCC. The Balaban J connectivity index is 4.30. The summed E-state index contributed by atoms with van der Waals surface area (Å²) in [6, 6.07) is 0.120. The molecule has 0 bridgehead atoms. The molecule has 0 radical (unpaired) electrons. The van der Waals surface area contributed by atoms with E-state index in [4.69, 9.17) is 10.6 Å². The second kappa shape index (κ2) is 6.17. The first-order valence-electron chi connectivity index (χ1n) is 5.24. The highest BCUT2D eigenvalue weighted by atomic mass is 16.5. The maximum Gasteiger partial charge on any atom is 0.0795 e. The van der Waals surface area contributed by atoms with Gasteiger partial charge in [-0.2, -0.15) is 0 Å². The van der Waals surface area contributed by atoms with Crippen molar-refractivity contribution in [2.75, 3.05) is 6.61 Å². The van der Waals surface area contributed by atoms with E-state index in [9.17, 15) is 0 Å². The third-order valence-corrected chi connectivity index (χ3v) is 2.55. The van der Waals surface area contributed by atoms with Gasteiger partial charge >= 0.3 is 0 Å². The molecule has 0 spiro atoms. The van der Waals surface area contributed by atoms with E-state index >= 15 is 0 Å². The standard InChI is InChI=1S/C11H24N2O/c1-6-9(3)8-10(13-12)11(4,5)14-7-2/h10,13H,3,6-8,12H2,1-2,4-5H3. The van der Waals surface area contributed by atoms with Crippen molar-refractivity contribution in [1.29, 1.82) is 0 Å². The molecule has 0 aromatic heterocycles. The first-order valence-corrected chi connectivity index (χ1v) is 5.24. The summed E-state index contributed by atoms with van der Waals surface area (Å²) in [5.74, 6) is 5.52. The van der Waals surface area contributed by atoms with Crippen molar-refractivity contribution in [1.82, 2.24) is 5.43 Å². The molecule has 0 amide bonds. The summed E-state index contributed by atoms with van der Waals surface area (Å²) in [5, 5.41) is 0. The Morgan fingerprint density at radius 1 is 1.50 bits per heavy atom. The van der Waals surface area contributed by atoms with E-state index in [1.54, 1.807) is 0 Å². The molecule has 0 saturated carbocycles. The summed E-state index contributed by atoms with van der Waals surface area (Å²) in [6.45, 7) is 12.9. The molecule has 14 heavy (non-hydrogen) atoms. The third-order valence-electron chi connectivity index (χ3n) is 2.55. The Bertz CT molecular complexity index is 178. The maximum absolute atomic E-state index is 5.64. The molecule has 3 nitrogen and oxygen atoms in total. The molecule has 0 saturated heterocycles. The second-order valence-electron chi connectivity index (χ2n) is 4.06. The lowest BCUT2D eigenvalue weighted by Gasteiger charge is -2.34. The predicted octanol–water partition coefficient (Wildman–Crippen LogP) is 1.99. The van der Waals surface area contributed by atoms with Gasteiger partial charge in [-0.05, 0) is 33.6 Å². The molecule has 0 rings (SSSR count). The number of ether oxygens (including phenoxy) is 1. The van der Waals surface area contributed by atoms with Crippen LogP contribution in [-0.4, -0.2) is 18.2 Å². The van der Waals surface area contributed by atoms with Crippen LogP contribution >= 0.6 is 0 Å². The van der Waals surface area contributed by atoms with E-state index in [-0.39, 0.29) is 11.6 Å². The van der Waals surface area contributed by atoms with Gasteiger partial charge < -0.3 is 4.74 Å². The van der Waals surface area contributed by atoms with Crippen molar-refractivity contribution >= 4 is 0 Å². The fourth-order valence-corrected chi connectivity index (χ4v) is 1.41. The quantitative estimate of drug-likeness (QED) is 0.375. The van der Waals surface area contributed by atoms with Crippen molar-refractivity contribution in [3.63, 3.8) is 0 Å². The first-order chi connectivity index (χ1) is 6.47. The highest BCUT2D eigenvalue weighted by Crippen LogP contribution is 2.20. The summed E-state index contributed by atoms with van der Waals surface area (Å²) in [6.07, 6.45) is 1.85. The number of hydrogen-bond donors (Lipinski definition) is 2. The Labute approximate surface area is 87.7 Å². The van der Waals surface area contributed by atoms with Gasteiger partial charge in [0, 0.05) is 6.61 Å². The lowest BCUT2D eigenvalue weighted by molar-refractivity contribution is -0.0381. The zero-order chi connectivity index (χ0) is 11.2. The van der Waals surface area contributed by atoms with Crippen LogP contribution in [0.25, 0.3) is 0 Å². The van der Waals surface area contributed by atoms with Crippen LogP contribution in [-0.2, 0) is 4.74 Å². The molecule has 0 aromatic carbocycles. The number of hydrazine groups is 1. The van der Waals surface area contributed by atoms with Crippen LogP contribution in [0.5, 0.6) is 0 Å². The Hall–Kier alpha value is -0.380. The molecule has 0 fully saturated rings. The van der Waals surface area contributed by atoms with Crippen molar-refractivity contribution in [3.05, 3.63) is 12.2 Å². The monoisotopic (exact) mass is 200 g/mol. The predicted molar refractivity (Wildman–Crippen MR) is 60.9 cm³/mol. The molecule has 0 aliphatic carbocycles. The largest absolute Gasteiger partial charge is 0.374 e. The Morgan fingerprint density at radius 3 is 2.43 bits per heavy atom. The second-order valence-corrected chi connectivity index (χ2v) is 4.06. The normalized spacial score (nSPS) is 14.1. The molecular formula is C11H24N2O. The van der Waals surface area contributed by atoms with Crippen LogP contribution in [0, 0.1) is 0 Å². The van der Waals surface area contributed by atoms with Crippen molar-refractivity contribution in [3.8, 4) is 0 Å². The summed E-state index contributed by atoms with van der Waals surface area (Å²) in [5.41, 5.74) is 3.75. The van der Waals surface area contributed by atoms with Crippen LogP contribution in [0.3, 0.4) is 0 Å². The Morgan fingerprint density at radius 2 is 2.07 bits per heavy atom. The van der Waals surface area contributed by atoms with Crippen molar-refractivity contribution < 1.29 is 4.74 Å². The van der Waals surface area contributed by atoms with Gasteiger partial charge in [0.15, 0.2) is 0 Å². The molecule has 1 atom stereocenters. The molecule has 0 aliphatic heterocycles. The smallest absolute Gasteiger partial charge is 0.0795 e. The van der Waals surface area contributed by atoms with Gasteiger partial charge in [-0.3, -0.25) is 11.3 Å². The summed E-state index contributed by atoms with van der Waals surface area (Å²) >= 11 is 0. The number of hydrogen-bond acceptors (Lipinski definition) is 3.